The van der Waals surface area contributed by atoms with E-state index in [1.165, 1.54) is 6.08 Å². The van der Waals surface area contributed by atoms with E-state index in [1.807, 2.05) is 103 Å². The second-order valence-corrected chi connectivity index (χ2v) is 12.3. The van der Waals surface area contributed by atoms with Gasteiger partial charge in [-0.25, -0.2) is 4.79 Å². The molecule has 1 aliphatic rings. The van der Waals surface area contributed by atoms with Crippen molar-refractivity contribution in [3.8, 4) is 16.8 Å². The van der Waals surface area contributed by atoms with Crippen molar-refractivity contribution in [2.75, 3.05) is 12.4 Å². The first-order valence-corrected chi connectivity index (χ1v) is 16.7. The Kier molecular flexibility index (Phi) is 10.9. The molecule has 4 aromatic carbocycles. The number of amides is 1. The number of carbonyl (C=O) groups is 1. The maximum atomic E-state index is 12.0. The van der Waals surface area contributed by atoms with Gasteiger partial charge in [-0.3, -0.25) is 0 Å². The highest BCUT2D eigenvalue weighted by Gasteiger charge is 2.38. The normalized spacial score (nSPS) is 19.0. The van der Waals surface area contributed by atoms with E-state index in [9.17, 15) is 9.90 Å². The maximum absolute atomic E-state index is 12.0. The zero-order valence-corrected chi connectivity index (χ0v) is 27.3. The first kappa shape index (κ1) is 33.1. The topological polar surface area (TPSA) is 121 Å². The molecule has 0 saturated carbocycles. The van der Waals surface area contributed by atoms with Crippen LogP contribution in [0.1, 0.15) is 41.6 Å². The number of para-hydroxylation sites is 1. The predicted molar refractivity (Wildman–Crippen MR) is 183 cm³/mol. The summed E-state index contributed by atoms with van der Waals surface area (Å²) in [6.45, 7) is 6.16. The minimum absolute atomic E-state index is 0.00611. The summed E-state index contributed by atoms with van der Waals surface area (Å²) in [6.07, 6.45) is -0.0261. The quantitative estimate of drug-likeness (QED) is 0.109. The van der Waals surface area contributed by atoms with E-state index in [1.54, 1.807) is 16.4 Å². The first-order valence-electron chi connectivity index (χ1n) is 15.7. The molecule has 11 heteroatoms. The fourth-order valence-corrected chi connectivity index (χ4v) is 6.65. The maximum Gasteiger partial charge on any atom is 0.407 e. The molecule has 1 aliphatic heterocycles. The largest absolute Gasteiger partial charge is 0.445 e. The summed E-state index contributed by atoms with van der Waals surface area (Å²) in [4.78, 5) is 12.0. The molecule has 4 unspecified atom stereocenters. The van der Waals surface area contributed by atoms with Gasteiger partial charge in [-0.2, -0.15) is 4.68 Å². The molecule has 6 rings (SSSR count). The lowest BCUT2D eigenvalue weighted by Crippen LogP contribution is -2.38. The smallest absolute Gasteiger partial charge is 0.407 e. The molecule has 1 saturated heterocycles. The van der Waals surface area contributed by atoms with Crippen molar-refractivity contribution < 1.29 is 24.1 Å². The van der Waals surface area contributed by atoms with Crippen LogP contribution in [0, 0.1) is 5.92 Å². The summed E-state index contributed by atoms with van der Waals surface area (Å²) in [6, 6.07) is 33.7. The number of nitrogens with zero attached hydrogens (tertiary/aromatic N) is 4. The molecule has 5 aromatic rings. The number of aliphatic hydroxyl groups is 1. The van der Waals surface area contributed by atoms with Crippen molar-refractivity contribution in [2.24, 2.45) is 5.92 Å². The Bertz CT molecular complexity index is 1800. The van der Waals surface area contributed by atoms with E-state index in [0.717, 1.165) is 39.1 Å². The zero-order valence-electron chi connectivity index (χ0n) is 26.5. The van der Waals surface area contributed by atoms with Gasteiger partial charge in [0.15, 0.2) is 6.29 Å². The number of nitrogens with one attached hydrogen (secondary N) is 1. The van der Waals surface area contributed by atoms with E-state index < -0.39 is 12.4 Å². The fourth-order valence-electron chi connectivity index (χ4n) is 5.60. The van der Waals surface area contributed by atoms with Gasteiger partial charge >= 0.3 is 6.09 Å². The minimum atomic E-state index is -0.620. The van der Waals surface area contributed by atoms with Crippen LogP contribution in [0.15, 0.2) is 121 Å². The summed E-state index contributed by atoms with van der Waals surface area (Å²) < 4.78 is 20.1. The Morgan fingerprint density at radius 3 is 2.46 bits per heavy atom. The second-order valence-electron chi connectivity index (χ2n) is 11.4. The molecular formula is C37H37N5O5S. The Morgan fingerprint density at radius 1 is 0.979 bits per heavy atom. The Labute approximate surface area is 283 Å². The summed E-state index contributed by atoms with van der Waals surface area (Å²) in [5.41, 5.74) is 6.58. The van der Waals surface area contributed by atoms with E-state index >= 15 is 0 Å². The van der Waals surface area contributed by atoms with Crippen LogP contribution in [-0.2, 0) is 27.4 Å². The lowest BCUT2D eigenvalue weighted by Gasteiger charge is -2.41. The van der Waals surface area contributed by atoms with Gasteiger partial charge < -0.3 is 24.6 Å². The molecule has 246 valence electrons. The molecular weight excluding hydrogens is 627 g/mol. The number of hydrogen-bond donors (Lipinski definition) is 2. The third kappa shape index (κ3) is 7.83. The number of tetrazole rings is 1. The van der Waals surface area contributed by atoms with Gasteiger partial charge in [0.05, 0.1) is 24.5 Å². The molecule has 10 nitrogen and oxygen atoms in total. The molecule has 48 heavy (non-hydrogen) atoms. The van der Waals surface area contributed by atoms with Crippen molar-refractivity contribution in [1.82, 2.24) is 25.5 Å². The number of alkyl carbamates (subject to hydrolysis) is 1. The fraction of sp³-hybridized carbons (Fsp3) is 0.243. The van der Waals surface area contributed by atoms with Gasteiger partial charge in [0.1, 0.15) is 6.61 Å². The van der Waals surface area contributed by atoms with Gasteiger partial charge in [-0.05, 0) is 50.4 Å². The van der Waals surface area contributed by atoms with Crippen molar-refractivity contribution in [3.05, 3.63) is 138 Å². The molecule has 2 heterocycles. The molecule has 0 aliphatic carbocycles. The SMILES string of the molecule is C=CCOC(=O)NCc1ccccc1-c1ccc(C2OC(CSc3nnnn3-c3ccccc3)C(C)C(c3ccc(CO)cc3)O2)cc1. The molecule has 0 spiro atoms. The minimum Gasteiger partial charge on any atom is -0.445 e. The second kappa shape index (κ2) is 15.9. The number of aromatic nitrogens is 4. The van der Waals surface area contributed by atoms with Crippen LogP contribution in [0.5, 0.6) is 0 Å². The molecule has 4 atom stereocenters. The average molecular weight is 664 g/mol. The third-order valence-electron chi connectivity index (χ3n) is 8.21. The summed E-state index contributed by atoms with van der Waals surface area (Å²) in [5, 5.41) is 25.5. The predicted octanol–water partition coefficient (Wildman–Crippen LogP) is 6.82. The highest BCUT2D eigenvalue weighted by molar-refractivity contribution is 7.99. The molecule has 1 aromatic heterocycles. The van der Waals surface area contributed by atoms with Crippen LogP contribution in [0.4, 0.5) is 4.79 Å². The van der Waals surface area contributed by atoms with Gasteiger partial charge in [-0.1, -0.05) is 122 Å². The van der Waals surface area contributed by atoms with Crippen LogP contribution in [0.3, 0.4) is 0 Å². The number of ether oxygens (including phenoxy) is 3. The molecule has 0 radical (unpaired) electrons. The third-order valence-corrected chi connectivity index (χ3v) is 9.22. The lowest BCUT2D eigenvalue weighted by molar-refractivity contribution is -0.268. The Morgan fingerprint density at radius 2 is 1.71 bits per heavy atom. The van der Waals surface area contributed by atoms with E-state index in [-0.39, 0.29) is 31.3 Å². The molecule has 2 N–H and O–H groups in total. The standard InChI is InChI=1S/C37H37N5O5S/c1-3-21-45-37(44)38-22-30-9-7-8-12-32(30)27-17-19-29(20-18-27)35-46-33(25(2)34(47-35)28-15-13-26(23-43)14-16-28)24-48-36-39-40-41-42(36)31-10-5-4-6-11-31/h3-20,25,33-35,43H,1,21-24H2,2H3,(H,38,44). The number of aliphatic hydroxyl groups excluding tert-OH is 1. The summed E-state index contributed by atoms with van der Waals surface area (Å²) in [7, 11) is 0. The van der Waals surface area contributed by atoms with Crippen LogP contribution >= 0.6 is 11.8 Å². The van der Waals surface area contributed by atoms with Crippen molar-refractivity contribution >= 4 is 17.9 Å². The van der Waals surface area contributed by atoms with Gasteiger partial charge in [0.25, 0.3) is 0 Å². The number of rotatable bonds is 12. The summed E-state index contributed by atoms with van der Waals surface area (Å²) in [5.74, 6) is 0.610. The van der Waals surface area contributed by atoms with E-state index in [4.69, 9.17) is 14.2 Å². The Balaban J connectivity index is 1.22. The van der Waals surface area contributed by atoms with Crippen LogP contribution in [0.25, 0.3) is 16.8 Å². The number of carbonyl (C=O) groups excluding carboxylic acids is 1. The monoisotopic (exact) mass is 663 g/mol. The van der Waals surface area contributed by atoms with Crippen LogP contribution in [-0.4, -0.2) is 49.9 Å². The van der Waals surface area contributed by atoms with Crippen LogP contribution < -0.4 is 5.32 Å². The highest BCUT2D eigenvalue weighted by Crippen LogP contribution is 2.43. The van der Waals surface area contributed by atoms with Crippen molar-refractivity contribution in [2.45, 2.75) is 43.7 Å². The number of hydrogen-bond acceptors (Lipinski definition) is 9. The van der Waals surface area contributed by atoms with E-state index in [2.05, 4.69) is 34.3 Å². The average Bonchev–Trinajstić information content (AvgIpc) is 3.62. The van der Waals surface area contributed by atoms with Crippen LogP contribution in [0.2, 0.25) is 0 Å². The van der Waals surface area contributed by atoms with Gasteiger partial charge in [-0.15, -0.1) is 5.10 Å². The van der Waals surface area contributed by atoms with Crippen molar-refractivity contribution in [1.29, 1.82) is 0 Å². The number of benzene rings is 4. The lowest BCUT2D eigenvalue weighted by atomic mass is 9.91. The van der Waals surface area contributed by atoms with E-state index in [0.29, 0.717) is 17.5 Å². The van der Waals surface area contributed by atoms with Gasteiger partial charge in [0.2, 0.25) is 5.16 Å². The first-order chi connectivity index (χ1) is 23.5. The number of thioether (sulfide) groups is 1. The van der Waals surface area contributed by atoms with Crippen molar-refractivity contribution in [3.63, 3.8) is 0 Å². The zero-order chi connectivity index (χ0) is 33.3. The van der Waals surface area contributed by atoms with Gasteiger partial charge in [0, 0.05) is 23.8 Å². The molecule has 1 amide bonds. The highest BCUT2D eigenvalue weighted by atomic mass is 32.2. The summed E-state index contributed by atoms with van der Waals surface area (Å²) >= 11 is 1.54. The molecule has 0 bridgehead atoms. The Hall–Kier alpha value is -4.81. The molecule has 1 fully saturated rings.